The Hall–Kier alpha value is -0.820. The molecule has 120 valence electrons. The highest BCUT2D eigenvalue weighted by Gasteiger charge is 2.16. The van der Waals surface area contributed by atoms with E-state index in [1.54, 1.807) is 14.2 Å². The molecule has 4 nitrogen and oxygen atoms in total. The van der Waals surface area contributed by atoms with E-state index in [0.29, 0.717) is 12.5 Å². The molecule has 5 heteroatoms. The Labute approximate surface area is 145 Å². The van der Waals surface area contributed by atoms with Gasteiger partial charge < -0.3 is 15.4 Å². The molecule has 0 heterocycles. The van der Waals surface area contributed by atoms with Gasteiger partial charge in [-0.05, 0) is 25.3 Å². The first kappa shape index (κ1) is 20.2. The molecule has 0 radical (unpaired) electrons. The maximum Gasteiger partial charge on any atom is 0.191 e. The molecule has 0 aliphatic carbocycles. The summed E-state index contributed by atoms with van der Waals surface area (Å²) in [7, 11) is 3.50. The number of guanidine groups is 1. The predicted molar refractivity (Wildman–Crippen MR) is 101 cm³/mol. The molecule has 0 saturated heterocycles. The Morgan fingerprint density at radius 1 is 1.24 bits per heavy atom. The summed E-state index contributed by atoms with van der Waals surface area (Å²) in [6.07, 6.45) is 0. The predicted octanol–water partition coefficient (Wildman–Crippen LogP) is 3.00. The van der Waals surface area contributed by atoms with Gasteiger partial charge in [-0.25, -0.2) is 0 Å². The van der Waals surface area contributed by atoms with Crippen molar-refractivity contribution in [3.05, 3.63) is 35.9 Å². The maximum absolute atomic E-state index is 5.38. The number of nitrogens with zero attached hydrogens (tertiary/aromatic N) is 1. The van der Waals surface area contributed by atoms with Gasteiger partial charge >= 0.3 is 0 Å². The van der Waals surface area contributed by atoms with Crippen molar-refractivity contribution in [2.24, 2.45) is 4.99 Å². The molecule has 1 aromatic carbocycles. The van der Waals surface area contributed by atoms with Crippen molar-refractivity contribution in [3.8, 4) is 0 Å². The molecule has 0 fully saturated rings. The molecule has 1 aromatic rings. The van der Waals surface area contributed by atoms with Gasteiger partial charge in [0.2, 0.25) is 0 Å². The van der Waals surface area contributed by atoms with E-state index in [0.717, 1.165) is 12.5 Å². The summed E-state index contributed by atoms with van der Waals surface area (Å²) in [5.41, 5.74) is 1.12. The van der Waals surface area contributed by atoms with Crippen molar-refractivity contribution in [3.63, 3.8) is 0 Å². The monoisotopic (exact) mass is 405 g/mol. The van der Waals surface area contributed by atoms with Gasteiger partial charge in [0, 0.05) is 27.2 Å². The molecule has 1 unspecified atom stereocenters. The van der Waals surface area contributed by atoms with Crippen molar-refractivity contribution in [2.45, 2.75) is 32.3 Å². The van der Waals surface area contributed by atoms with Crippen molar-refractivity contribution in [2.75, 3.05) is 27.2 Å². The van der Waals surface area contributed by atoms with Gasteiger partial charge in [0.1, 0.15) is 0 Å². The lowest BCUT2D eigenvalue weighted by Gasteiger charge is -2.25. The zero-order chi connectivity index (χ0) is 15.0. The van der Waals surface area contributed by atoms with Crippen LogP contribution in [0, 0.1) is 0 Å². The maximum atomic E-state index is 5.38. The van der Waals surface area contributed by atoms with Crippen molar-refractivity contribution < 1.29 is 4.74 Å². The van der Waals surface area contributed by atoms with Crippen LogP contribution in [0.4, 0.5) is 0 Å². The zero-order valence-corrected chi connectivity index (χ0v) is 16.0. The van der Waals surface area contributed by atoms with Crippen LogP contribution in [-0.4, -0.2) is 38.8 Å². The Morgan fingerprint density at radius 3 is 2.38 bits per heavy atom. The Kier molecular flexibility index (Phi) is 9.61. The van der Waals surface area contributed by atoms with E-state index in [4.69, 9.17) is 4.74 Å². The lowest BCUT2D eigenvalue weighted by atomic mass is 10.0. The third-order valence-electron chi connectivity index (χ3n) is 3.40. The van der Waals surface area contributed by atoms with Gasteiger partial charge in [-0.1, -0.05) is 37.3 Å². The molecule has 0 aliphatic rings. The average molecular weight is 405 g/mol. The zero-order valence-electron chi connectivity index (χ0n) is 13.6. The van der Waals surface area contributed by atoms with Crippen LogP contribution in [0.5, 0.6) is 0 Å². The highest BCUT2D eigenvalue weighted by molar-refractivity contribution is 14.0. The van der Waals surface area contributed by atoms with E-state index in [9.17, 15) is 0 Å². The largest absolute Gasteiger partial charge is 0.377 e. The number of ether oxygens (including phenoxy) is 1. The van der Waals surface area contributed by atoms with E-state index in [1.165, 1.54) is 5.56 Å². The van der Waals surface area contributed by atoms with Gasteiger partial charge in [-0.3, -0.25) is 4.99 Å². The average Bonchev–Trinajstić information content (AvgIpc) is 2.48. The number of nitrogens with one attached hydrogen (secondary N) is 2. The lowest BCUT2D eigenvalue weighted by Crippen LogP contribution is -2.46. The van der Waals surface area contributed by atoms with Crippen LogP contribution in [0.15, 0.2) is 35.3 Å². The fourth-order valence-corrected chi connectivity index (χ4v) is 1.74. The molecule has 21 heavy (non-hydrogen) atoms. The SMILES string of the molecule is CN=C(NCC(C)c1ccccc1)NCC(C)(C)OC.I. The minimum atomic E-state index is -0.206. The molecule has 0 aliphatic heterocycles. The third-order valence-corrected chi connectivity index (χ3v) is 3.40. The topological polar surface area (TPSA) is 45.7 Å². The van der Waals surface area contributed by atoms with Gasteiger partial charge in [-0.15, -0.1) is 24.0 Å². The van der Waals surface area contributed by atoms with E-state index < -0.39 is 0 Å². The summed E-state index contributed by atoms with van der Waals surface area (Å²) in [6.45, 7) is 7.84. The second-order valence-electron chi connectivity index (χ2n) is 5.58. The summed E-state index contributed by atoms with van der Waals surface area (Å²) in [5.74, 6) is 1.24. The second-order valence-corrected chi connectivity index (χ2v) is 5.58. The fourth-order valence-electron chi connectivity index (χ4n) is 1.74. The molecule has 2 N–H and O–H groups in total. The molecule has 1 atom stereocenters. The molecule has 0 spiro atoms. The molecular formula is C16H28IN3O. The lowest BCUT2D eigenvalue weighted by molar-refractivity contribution is 0.0268. The molecular weight excluding hydrogens is 377 g/mol. The van der Waals surface area contributed by atoms with E-state index >= 15 is 0 Å². The highest BCUT2D eigenvalue weighted by Crippen LogP contribution is 2.12. The summed E-state index contributed by atoms with van der Waals surface area (Å²) in [5, 5.41) is 6.63. The molecule has 1 rings (SSSR count). The molecule has 0 amide bonds. The van der Waals surface area contributed by atoms with Crippen molar-refractivity contribution in [1.82, 2.24) is 10.6 Å². The summed E-state index contributed by atoms with van der Waals surface area (Å²) in [4.78, 5) is 4.23. The summed E-state index contributed by atoms with van der Waals surface area (Å²) < 4.78 is 5.38. The first-order valence-electron chi connectivity index (χ1n) is 7.03. The van der Waals surface area contributed by atoms with E-state index in [1.807, 2.05) is 19.9 Å². The van der Waals surface area contributed by atoms with Gasteiger partial charge in [0.05, 0.1) is 5.60 Å². The first-order valence-corrected chi connectivity index (χ1v) is 7.03. The Balaban J connectivity index is 0.00000400. The van der Waals surface area contributed by atoms with Crippen LogP contribution in [0.1, 0.15) is 32.3 Å². The quantitative estimate of drug-likeness (QED) is 0.435. The van der Waals surface area contributed by atoms with Crippen LogP contribution in [0.2, 0.25) is 0 Å². The molecule has 0 saturated carbocycles. The number of halogens is 1. The number of aliphatic imine (C=N–C) groups is 1. The smallest absolute Gasteiger partial charge is 0.191 e. The third kappa shape index (κ3) is 7.66. The van der Waals surface area contributed by atoms with Crippen LogP contribution in [-0.2, 0) is 4.74 Å². The molecule has 0 bridgehead atoms. The first-order chi connectivity index (χ1) is 9.48. The van der Waals surface area contributed by atoms with Crippen LogP contribution in [0.3, 0.4) is 0 Å². The van der Waals surface area contributed by atoms with Crippen LogP contribution < -0.4 is 10.6 Å². The number of benzene rings is 1. The number of hydrogen-bond acceptors (Lipinski definition) is 2. The summed E-state index contributed by atoms with van der Waals surface area (Å²) >= 11 is 0. The van der Waals surface area contributed by atoms with Gasteiger partial charge in [-0.2, -0.15) is 0 Å². The highest BCUT2D eigenvalue weighted by atomic mass is 127. The minimum absolute atomic E-state index is 0. The van der Waals surface area contributed by atoms with Gasteiger partial charge in [0.15, 0.2) is 5.96 Å². The fraction of sp³-hybridized carbons (Fsp3) is 0.562. The van der Waals surface area contributed by atoms with E-state index in [2.05, 4.69) is 46.8 Å². The van der Waals surface area contributed by atoms with Crippen molar-refractivity contribution in [1.29, 1.82) is 0 Å². The molecule has 0 aromatic heterocycles. The number of rotatable bonds is 6. The minimum Gasteiger partial charge on any atom is -0.377 e. The van der Waals surface area contributed by atoms with E-state index in [-0.39, 0.29) is 29.6 Å². The van der Waals surface area contributed by atoms with Crippen LogP contribution >= 0.6 is 24.0 Å². The Morgan fingerprint density at radius 2 is 1.86 bits per heavy atom. The second kappa shape index (κ2) is 10.00. The van der Waals surface area contributed by atoms with Crippen LogP contribution in [0.25, 0.3) is 0 Å². The number of hydrogen-bond donors (Lipinski definition) is 2. The standard InChI is InChI=1S/C16H27N3O.HI/c1-13(14-9-7-6-8-10-14)11-18-15(17-4)19-12-16(2,3)20-5;/h6-10,13H,11-12H2,1-5H3,(H2,17,18,19);1H. The van der Waals surface area contributed by atoms with Gasteiger partial charge in [0.25, 0.3) is 0 Å². The Bertz CT molecular complexity index is 421. The van der Waals surface area contributed by atoms with Crippen molar-refractivity contribution >= 4 is 29.9 Å². The number of methoxy groups -OCH3 is 1. The summed E-state index contributed by atoms with van der Waals surface area (Å²) in [6, 6.07) is 10.5. The normalized spacial score (nSPS) is 13.3.